The van der Waals surface area contributed by atoms with Crippen LogP contribution in [-0.4, -0.2) is 12.0 Å². The topological polar surface area (TPSA) is 38.3 Å². The van der Waals surface area contributed by atoms with Crippen molar-refractivity contribution in [1.29, 1.82) is 0 Å². The number of hydrogen-bond donors (Lipinski definition) is 1. The monoisotopic (exact) mass is 329 g/mol. The second kappa shape index (κ2) is 7.95. The summed E-state index contributed by atoms with van der Waals surface area (Å²) < 4.78 is 18.9. The zero-order valence-corrected chi connectivity index (χ0v) is 14.6. The molecule has 0 saturated heterocycles. The molecule has 0 spiro atoms. The predicted octanol–water partition coefficient (Wildman–Crippen LogP) is 4.48. The lowest BCUT2D eigenvalue weighted by atomic mass is 10.1. The molecule has 4 heteroatoms. The van der Waals surface area contributed by atoms with E-state index >= 15 is 0 Å². The molecule has 0 unspecified atom stereocenters. The van der Waals surface area contributed by atoms with Crippen molar-refractivity contribution >= 4 is 5.91 Å². The summed E-state index contributed by atoms with van der Waals surface area (Å²) in [6.07, 6.45) is 0.00343. The first-order chi connectivity index (χ1) is 11.4. The molecule has 2 atom stereocenters. The van der Waals surface area contributed by atoms with Crippen LogP contribution in [0.3, 0.4) is 0 Å². The molecule has 2 rings (SSSR count). The lowest BCUT2D eigenvalue weighted by molar-refractivity contribution is -0.128. The van der Waals surface area contributed by atoms with Gasteiger partial charge in [-0.2, -0.15) is 0 Å². The number of ether oxygens (including phenoxy) is 1. The average Bonchev–Trinajstić information content (AvgIpc) is 2.52. The summed E-state index contributed by atoms with van der Waals surface area (Å²) in [5.41, 5.74) is 3.05. The Morgan fingerprint density at radius 3 is 2.25 bits per heavy atom. The number of carbonyl (C=O) groups is 1. The van der Waals surface area contributed by atoms with Crippen LogP contribution in [0, 0.1) is 19.7 Å². The fourth-order valence-electron chi connectivity index (χ4n) is 2.63. The Kier molecular flexibility index (Phi) is 5.96. The number of nitrogens with one attached hydrogen (secondary N) is 1. The molecule has 0 fully saturated rings. The van der Waals surface area contributed by atoms with Crippen LogP contribution >= 0.6 is 0 Å². The van der Waals surface area contributed by atoms with Crippen molar-refractivity contribution in [3.63, 3.8) is 0 Å². The average molecular weight is 329 g/mol. The maximum atomic E-state index is 13.0. The molecule has 2 aromatic rings. The molecule has 0 aliphatic carbocycles. The number of rotatable bonds is 6. The molecule has 1 amide bonds. The highest BCUT2D eigenvalue weighted by Gasteiger charge is 2.21. The van der Waals surface area contributed by atoms with Gasteiger partial charge in [0.05, 0.1) is 6.04 Å². The van der Waals surface area contributed by atoms with E-state index in [-0.39, 0.29) is 17.8 Å². The zero-order valence-electron chi connectivity index (χ0n) is 14.6. The van der Waals surface area contributed by atoms with Crippen LogP contribution in [0.15, 0.2) is 42.5 Å². The summed E-state index contributed by atoms with van der Waals surface area (Å²) >= 11 is 0. The van der Waals surface area contributed by atoms with Gasteiger partial charge >= 0.3 is 0 Å². The van der Waals surface area contributed by atoms with Gasteiger partial charge in [-0.25, -0.2) is 4.39 Å². The summed E-state index contributed by atoms with van der Waals surface area (Å²) in [5.74, 6) is 0.235. The van der Waals surface area contributed by atoms with E-state index in [0.29, 0.717) is 12.2 Å². The van der Waals surface area contributed by atoms with E-state index in [1.54, 1.807) is 12.1 Å². The van der Waals surface area contributed by atoms with Crippen molar-refractivity contribution in [1.82, 2.24) is 5.32 Å². The van der Waals surface area contributed by atoms with Crippen molar-refractivity contribution < 1.29 is 13.9 Å². The van der Waals surface area contributed by atoms with E-state index in [0.717, 1.165) is 16.7 Å². The molecule has 128 valence electrons. The van der Waals surface area contributed by atoms with Gasteiger partial charge in [-0.05, 0) is 68.1 Å². The third-order valence-electron chi connectivity index (χ3n) is 3.87. The van der Waals surface area contributed by atoms with Gasteiger partial charge in [0.1, 0.15) is 11.6 Å². The first-order valence-electron chi connectivity index (χ1n) is 8.20. The van der Waals surface area contributed by atoms with Crippen LogP contribution < -0.4 is 10.1 Å². The number of hydrogen-bond acceptors (Lipinski definition) is 2. The maximum absolute atomic E-state index is 13.0. The van der Waals surface area contributed by atoms with E-state index in [1.807, 2.05) is 39.8 Å². The normalized spacial score (nSPS) is 13.2. The Balaban J connectivity index is 2.04. The molecule has 0 aliphatic rings. The van der Waals surface area contributed by atoms with E-state index in [4.69, 9.17) is 4.74 Å². The second-order valence-corrected chi connectivity index (χ2v) is 6.12. The number of benzene rings is 2. The second-order valence-electron chi connectivity index (χ2n) is 6.12. The van der Waals surface area contributed by atoms with E-state index in [2.05, 4.69) is 11.4 Å². The largest absolute Gasteiger partial charge is 0.481 e. The number of amides is 1. The van der Waals surface area contributed by atoms with Crippen molar-refractivity contribution in [2.45, 2.75) is 46.3 Å². The Morgan fingerprint density at radius 1 is 1.12 bits per heavy atom. The van der Waals surface area contributed by atoms with Gasteiger partial charge in [0.25, 0.3) is 5.91 Å². The zero-order chi connectivity index (χ0) is 17.7. The number of carbonyl (C=O) groups excluding carboxylic acids is 1. The van der Waals surface area contributed by atoms with Crippen LogP contribution in [-0.2, 0) is 4.79 Å². The molecule has 0 bridgehead atoms. The van der Waals surface area contributed by atoms with E-state index in [1.165, 1.54) is 12.1 Å². The molecule has 0 aromatic heterocycles. The summed E-state index contributed by atoms with van der Waals surface area (Å²) in [6.45, 7) is 7.78. The Hall–Kier alpha value is -2.36. The van der Waals surface area contributed by atoms with Crippen LogP contribution in [0.2, 0.25) is 0 Å². The summed E-state index contributed by atoms with van der Waals surface area (Å²) in [4.78, 5) is 12.5. The maximum Gasteiger partial charge on any atom is 0.261 e. The van der Waals surface area contributed by atoms with Gasteiger partial charge in [0.2, 0.25) is 0 Å². The molecule has 3 nitrogen and oxygen atoms in total. The fourth-order valence-corrected chi connectivity index (χ4v) is 2.63. The van der Waals surface area contributed by atoms with Crippen LogP contribution in [0.5, 0.6) is 5.75 Å². The quantitative estimate of drug-likeness (QED) is 0.849. The van der Waals surface area contributed by atoms with Gasteiger partial charge in [-0.3, -0.25) is 4.79 Å². The Bertz CT molecular complexity index is 677. The molecule has 1 N–H and O–H groups in total. The highest BCUT2D eigenvalue weighted by atomic mass is 19.1. The van der Waals surface area contributed by atoms with Crippen molar-refractivity contribution in [3.05, 3.63) is 65.0 Å². The van der Waals surface area contributed by atoms with E-state index < -0.39 is 6.10 Å². The highest BCUT2D eigenvalue weighted by molar-refractivity contribution is 5.81. The smallest absolute Gasteiger partial charge is 0.261 e. The summed E-state index contributed by atoms with van der Waals surface area (Å²) in [5, 5.41) is 2.93. The first kappa shape index (κ1) is 18.0. The molecule has 0 heterocycles. The third-order valence-corrected chi connectivity index (χ3v) is 3.87. The standard InChI is InChI=1S/C20H24FNO2/c1-5-19(24-18-11-13(2)10-14(3)12-18)20(23)22-15(4)16-6-8-17(21)9-7-16/h6-12,15,19H,5H2,1-4H3,(H,22,23)/t15-,19+/m0/s1. The van der Waals surface area contributed by atoms with Gasteiger partial charge in [0, 0.05) is 0 Å². The molecule has 0 saturated carbocycles. The minimum absolute atomic E-state index is 0.173. The van der Waals surface area contributed by atoms with Crippen molar-refractivity contribution in [2.75, 3.05) is 0 Å². The molecule has 24 heavy (non-hydrogen) atoms. The van der Waals surface area contributed by atoms with E-state index in [9.17, 15) is 9.18 Å². The van der Waals surface area contributed by atoms with Gasteiger partial charge < -0.3 is 10.1 Å². The van der Waals surface area contributed by atoms with Crippen molar-refractivity contribution in [2.24, 2.45) is 0 Å². The molecular formula is C20H24FNO2. The van der Waals surface area contributed by atoms with Crippen LogP contribution in [0.25, 0.3) is 0 Å². The lowest BCUT2D eigenvalue weighted by Crippen LogP contribution is -2.39. The Morgan fingerprint density at radius 2 is 1.71 bits per heavy atom. The summed E-state index contributed by atoms with van der Waals surface area (Å²) in [6, 6.07) is 11.8. The number of halogens is 1. The van der Waals surface area contributed by atoms with Crippen LogP contribution in [0.4, 0.5) is 4.39 Å². The molecule has 0 radical (unpaired) electrons. The highest BCUT2D eigenvalue weighted by Crippen LogP contribution is 2.19. The summed E-state index contributed by atoms with van der Waals surface area (Å²) in [7, 11) is 0. The Labute approximate surface area is 142 Å². The van der Waals surface area contributed by atoms with Gasteiger partial charge in [0.15, 0.2) is 6.10 Å². The third kappa shape index (κ3) is 4.82. The predicted molar refractivity (Wildman–Crippen MR) is 93.6 cm³/mol. The van der Waals surface area contributed by atoms with Crippen molar-refractivity contribution in [3.8, 4) is 5.75 Å². The van der Waals surface area contributed by atoms with Gasteiger partial charge in [-0.15, -0.1) is 0 Å². The van der Waals surface area contributed by atoms with Crippen LogP contribution in [0.1, 0.15) is 43.0 Å². The minimum Gasteiger partial charge on any atom is -0.481 e. The minimum atomic E-state index is -0.561. The number of aryl methyl sites for hydroxylation is 2. The fraction of sp³-hybridized carbons (Fsp3) is 0.350. The first-order valence-corrected chi connectivity index (χ1v) is 8.20. The molecule has 2 aromatic carbocycles. The van der Waals surface area contributed by atoms with Gasteiger partial charge in [-0.1, -0.05) is 25.1 Å². The molecule has 0 aliphatic heterocycles. The SMILES string of the molecule is CC[C@@H](Oc1cc(C)cc(C)c1)C(=O)N[C@@H](C)c1ccc(F)cc1. The lowest BCUT2D eigenvalue weighted by Gasteiger charge is -2.21. The molecular weight excluding hydrogens is 305 g/mol.